The predicted octanol–water partition coefficient (Wildman–Crippen LogP) is 2.77. The molecule has 0 saturated carbocycles. The molecule has 0 bridgehead atoms. The van der Waals surface area contributed by atoms with Crippen molar-refractivity contribution in [3.05, 3.63) is 71.3 Å². The van der Waals surface area contributed by atoms with Crippen molar-refractivity contribution in [2.75, 3.05) is 10.6 Å². The molecule has 2 N–H and O–H groups in total. The van der Waals surface area contributed by atoms with Gasteiger partial charge in [0, 0.05) is 5.56 Å². The van der Waals surface area contributed by atoms with Crippen LogP contribution < -0.4 is 10.6 Å². The van der Waals surface area contributed by atoms with Crippen LogP contribution in [0.4, 0.5) is 11.9 Å². The normalized spacial score (nSPS) is 15.9. The van der Waals surface area contributed by atoms with Crippen molar-refractivity contribution in [2.45, 2.75) is 19.4 Å². The molecule has 2 heterocycles. The average molecular weight is 347 g/mol. The molecule has 0 aliphatic carbocycles. The van der Waals surface area contributed by atoms with Gasteiger partial charge in [-0.3, -0.25) is 20.2 Å². The minimum Gasteiger partial charge on any atom is -0.295 e. The van der Waals surface area contributed by atoms with E-state index in [4.69, 9.17) is 0 Å². The van der Waals surface area contributed by atoms with E-state index in [0.29, 0.717) is 11.5 Å². The Morgan fingerprint density at radius 2 is 1.88 bits per heavy atom. The summed E-state index contributed by atoms with van der Waals surface area (Å²) in [6.45, 7) is 1.96. The lowest BCUT2D eigenvalue weighted by Gasteiger charge is -2.23. The zero-order valence-corrected chi connectivity index (χ0v) is 14.1. The van der Waals surface area contributed by atoms with E-state index in [0.717, 1.165) is 11.1 Å². The summed E-state index contributed by atoms with van der Waals surface area (Å²) in [6.07, 6.45) is 0.270. The van der Waals surface area contributed by atoms with Crippen molar-refractivity contribution in [1.82, 2.24) is 14.8 Å². The first-order valence-corrected chi connectivity index (χ1v) is 8.29. The molecule has 7 heteroatoms. The standard InChI is InChI=1S/C19H17N5O2/c1-12-7-9-14(10-8-12)17(26)21-18-22-19-20-16(25)11-15(24(19)23-18)13-5-3-2-4-6-13/h2-10,15H,11H2,1H3,(H2,20,21,22,23,25,26)/t15-/m1/s1. The van der Waals surface area contributed by atoms with Crippen molar-refractivity contribution in [3.8, 4) is 0 Å². The van der Waals surface area contributed by atoms with E-state index in [-0.39, 0.29) is 30.2 Å². The molecule has 7 nitrogen and oxygen atoms in total. The number of aromatic nitrogens is 3. The summed E-state index contributed by atoms with van der Waals surface area (Å²) in [5.41, 5.74) is 2.56. The molecule has 0 unspecified atom stereocenters. The largest absolute Gasteiger partial charge is 0.295 e. The lowest BCUT2D eigenvalue weighted by molar-refractivity contribution is -0.117. The minimum absolute atomic E-state index is 0.129. The van der Waals surface area contributed by atoms with Crippen molar-refractivity contribution in [2.24, 2.45) is 0 Å². The average Bonchev–Trinajstić information content (AvgIpc) is 3.04. The van der Waals surface area contributed by atoms with Crippen LogP contribution >= 0.6 is 0 Å². The van der Waals surface area contributed by atoms with E-state index in [2.05, 4.69) is 20.7 Å². The molecule has 0 saturated heterocycles. The van der Waals surface area contributed by atoms with Crippen molar-refractivity contribution in [3.63, 3.8) is 0 Å². The van der Waals surface area contributed by atoms with Gasteiger partial charge in [-0.15, -0.1) is 5.10 Å². The number of anilines is 2. The Balaban J connectivity index is 1.61. The molecule has 130 valence electrons. The third-order valence-electron chi connectivity index (χ3n) is 4.28. The lowest BCUT2D eigenvalue weighted by Crippen LogP contribution is -2.29. The van der Waals surface area contributed by atoms with Crippen molar-refractivity contribution < 1.29 is 9.59 Å². The van der Waals surface area contributed by atoms with Crippen LogP contribution in [0.3, 0.4) is 0 Å². The van der Waals surface area contributed by atoms with Gasteiger partial charge < -0.3 is 0 Å². The molecule has 3 aromatic rings. The van der Waals surface area contributed by atoms with Gasteiger partial charge in [0.1, 0.15) is 0 Å². The van der Waals surface area contributed by atoms with Crippen LogP contribution in [0.2, 0.25) is 0 Å². The van der Waals surface area contributed by atoms with Crippen LogP contribution in [0, 0.1) is 6.92 Å². The Bertz CT molecular complexity index is 963. The zero-order chi connectivity index (χ0) is 18.1. The highest BCUT2D eigenvalue weighted by Crippen LogP contribution is 2.29. The summed E-state index contributed by atoms with van der Waals surface area (Å²) in [4.78, 5) is 28.6. The van der Waals surface area contributed by atoms with Gasteiger partial charge in [-0.05, 0) is 24.6 Å². The third kappa shape index (κ3) is 3.06. The topological polar surface area (TPSA) is 88.9 Å². The highest BCUT2D eigenvalue weighted by molar-refractivity contribution is 6.03. The molecule has 0 spiro atoms. The smallest absolute Gasteiger partial charge is 0.258 e. The van der Waals surface area contributed by atoms with Gasteiger partial charge in [-0.25, -0.2) is 4.68 Å². The molecule has 0 radical (unpaired) electrons. The number of nitrogens with zero attached hydrogens (tertiary/aromatic N) is 3. The molecule has 1 aliphatic rings. The van der Waals surface area contributed by atoms with E-state index in [1.807, 2.05) is 49.4 Å². The first kappa shape index (κ1) is 16.0. The maximum absolute atomic E-state index is 12.4. The summed E-state index contributed by atoms with van der Waals surface area (Å²) in [5.74, 6) is 0.0636. The number of aryl methyl sites for hydroxylation is 1. The molecule has 1 aromatic heterocycles. The summed E-state index contributed by atoms with van der Waals surface area (Å²) in [7, 11) is 0. The number of carbonyl (C=O) groups excluding carboxylic acids is 2. The molecule has 2 aromatic carbocycles. The molecule has 26 heavy (non-hydrogen) atoms. The van der Waals surface area contributed by atoms with Gasteiger partial charge in [-0.2, -0.15) is 4.98 Å². The number of carbonyl (C=O) groups is 2. The second-order valence-corrected chi connectivity index (χ2v) is 6.20. The van der Waals surface area contributed by atoms with E-state index >= 15 is 0 Å². The van der Waals surface area contributed by atoms with Crippen LogP contribution in [0.25, 0.3) is 0 Å². The Morgan fingerprint density at radius 1 is 1.15 bits per heavy atom. The number of amides is 2. The van der Waals surface area contributed by atoms with Crippen molar-refractivity contribution in [1.29, 1.82) is 0 Å². The van der Waals surface area contributed by atoms with Gasteiger partial charge >= 0.3 is 0 Å². The summed E-state index contributed by atoms with van der Waals surface area (Å²) in [5, 5.41) is 9.77. The molecular formula is C19H17N5O2. The third-order valence-corrected chi connectivity index (χ3v) is 4.28. The molecular weight excluding hydrogens is 330 g/mol. The lowest BCUT2D eigenvalue weighted by atomic mass is 10.0. The quantitative estimate of drug-likeness (QED) is 0.762. The zero-order valence-electron chi connectivity index (χ0n) is 14.1. The molecule has 0 fully saturated rings. The Labute approximate surface area is 150 Å². The summed E-state index contributed by atoms with van der Waals surface area (Å²) < 4.78 is 1.64. The van der Waals surface area contributed by atoms with Gasteiger partial charge in [-0.1, -0.05) is 48.0 Å². The maximum Gasteiger partial charge on any atom is 0.258 e. The second-order valence-electron chi connectivity index (χ2n) is 6.20. The van der Waals surface area contributed by atoms with Crippen LogP contribution in [0.1, 0.15) is 33.9 Å². The maximum atomic E-state index is 12.4. The predicted molar refractivity (Wildman–Crippen MR) is 97.0 cm³/mol. The van der Waals surface area contributed by atoms with Crippen LogP contribution in [0.5, 0.6) is 0 Å². The summed E-state index contributed by atoms with van der Waals surface area (Å²) >= 11 is 0. The first-order valence-electron chi connectivity index (χ1n) is 8.29. The highest BCUT2D eigenvalue weighted by atomic mass is 16.2. The Morgan fingerprint density at radius 3 is 2.62 bits per heavy atom. The van der Waals surface area contributed by atoms with E-state index in [9.17, 15) is 9.59 Å². The van der Waals surface area contributed by atoms with Crippen LogP contribution in [-0.2, 0) is 4.79 Å². The SMILES string of the molecule is Cc1ccc(C(=O)Nc2nc3n(n2)[C@@H](c2ccccc2)CC(=O)N3)cc1. The molecule has 1 aliphatic heterocycles. The van der Waals surface area contributed by atoms with E-state index < -0.39 is 0 Å². The van der Waals surface area contributed by atoms with Gasteiger partial charge in [0.2, 0.25) is 11.9 Å². The fourth-order valence-corrected chi connectivity index (χ4v) is 2.93. The fourth-order valence-electron chi connectivity index (χ4n) is 2.93. The van der Waals surface area contributed by atoms with E-state index in [1.165, 1.54) is 0 Å². The number of fused-ring (bicyclic) bond motifs is 1. The minimum atomic E-state index is -0.296. The number of hydrogen-bond donors (Lipinski definition) is 2. The number of benzene rings is 2. The Kier molecular flexibility index (Phi) is 3.96. The second kappa shape index (κ2) is 6.44. The van der Waals surface area contributed by atoms with Gasteiger partial charge in [0.25, 0.3) is 11.9 Å². The summed E-state index contributed by atoms with van der Waals surface area (Å²) in [6, 6.07) is 16.6. The fraction of sp³-hybridized carbons (Fsp3) is 0.158. The van der Waals surface area contributed by atoms with Gasteiger partial charge in [0.15, 0.2) is 0 Å². The first-order chi connectivity index (χ1) is 12.6. The molecule has 4 rings (SSSR count). The number of hydrogen-bond acceptors (Lipinski definition) is 4. The van der Waals surface area contributed by atoms with E-state index in [1.54, 1.807) is 16.8 Å². The monoisotopic (exact) mass is 347 g/mol. The van der Waals surface area contributed by atoms with Crippen molar-refractivity contribution >= 4 is 23.7 Å². The molecule has 1 atom stereocenters. The Hall–Kier alpha value is -3.48. The molecule has 2 amide bonds. The van der Waals surface area contributed by atoms with Gasteiger partial charge in [0.05, 0.1) is 12.5 Å². The number of nitrogens with one attached hydrogen (secondary N) is 2. The number of rotatable bonds is 3. The highest BCUT2D eigenvalue weighted by Gasteiger charge is 2.29. The van der Waals surface area contributed by atoms with Crippen LogP contribution in [-0.4, -0.2) is 26.6 Å². The van der Waals surface area contributed by atoms with Crippen LogP contribution in [0.15, 0.2) is 54.6 Å².